The van der Waals surface area contributed by atoms with E-state index in [2.05, 4.69) is 40.7 Å². The number of esters is 1. The number of fused-ring (bicyclic) bond motifs is 1. The lowest BCUT2D eigenvalue weighted by Crippen LogP contribution is -2.33. The minimum absolute atomic E-state index is 0.224. The molecule has 0 bridgehead atoms. The van der Waals surface area contributed by atoms with Gasteiger partial charge in [-0.2, -0.15) is 4.98 Å². The predicted molar refractivity (Wildman–Crippen MR) is 143 cm³/mol. The second-order valence-corrected chi connectivity index (χ2v) is 10.8. The Morgan fingerprint density at radius 1 is 1.17 bits per heavy atom. The molecule has 0 unspecified atom stereocenters. The quantitative estimate of drug-likeness (QED) is 0.256. The van der Waals surface area contributed by atoms with Crippen LogP contribution in [0.1, 0.15) is 46.2 Å². The standard InChI is InChI=1S/C28H33ClN4O3/c1-18(2)33-16-23(29)22-15-21(10-11-24(22)33)27-30-26(31-36-27)20-9-7-8-19(14-20)12-13-32(6)17-25(34)35-28(3,4)5/h7-11,14-16,18H,12-13,17H2,1-6H3. The van der Waals surface area contributed by atoms with Gasteiger partial charge in [-0.3, -0.25) is 9.69 Å². The number of carbonyl (C=O) groups is 1. The number of nitrogens with zero attached hydrogens (tertiary/aromatic N) is 4. The Morgan fingerprint density at radius 2 is 1.94 bits per heavy atom. The summed E-state index contributed by atoms with van der Waals surface area (Å²) in [5.41, 5.74) is 3.42. The Labute approximate surface area is 217 Å². The van der Waals surface area contributed by atoms with Crippen molar-refractivity contribution in [1.82, 2.24) is 19.6 Å². The van der Waals surface area contributed by atoms with E-state index < -0.39 is 5.60 Å². The van der Waals surface area contributed by atoms with Gasteiger partial charge < -0.3 is 13.8 Å². The van der Waals surface area contributed by atoms with Crippen LogP contribution in [0, 0.1) is 0 Å². The molecule has 0 fully saturated rings. The van der Waals surface area contributed by atoms with Crippen LogP contribution in [-0.2, 0) is 16.0 Å². The van der Waals surface area contributed by atoms with E-state index in [9.17, 15) is 4.79 Å². The zero-order valence-corrected chi connectivity index (χ0v) is 22.5. The van der Waals surface area contributed by atoms with Crippen molar-refractivity contribution in [3.63, 3.8) is 0 Å². The molecule has 0 amide bonds. The van der Waals surface area contributed by atoms with E-state index in [1.807, 2.05) is 69.2 Å². The molecule has 0 aliphatic heterocycles. The normalized spacial score (nSPS) is 12.1. The maximum Gasteiger partial charge on any atom is 0.320 e. The zero-order valence-electron chi connectivity index (χ0n) is 21.7. The first-order valence-corrected chi connectivity index (χ1v) is 12.5. The molecule has 0 radical (unpaired) electrons. The van der Waals surface area contributed by atoms with E-state index >= 15 is 0 Å². The number of hydrogen-bond acceptors (Lipinski definition) is 6. The Bertz CT molecular complexity index is 1370. The molecule has 36 heavy (non-hydrogen) atoms. The predicted octanol–water partition coefficient (Wildman–Crippen LogP) is 6.41. The van der Waals surface area contributed by atoms with Crippen molar-refractivity contribution in [2.24, 2.45) is 0 Å². The summed E-state index contributed by atoms with van der Waals surface area (Å²) in [6.45, 7) is 10.8. The van der Waals surface area contributed by atoms with Crippen molar-refractivity contribution in [3.8, 4) is 22.8 Å². The molecule has 4 rings (SSSR count). The largest absolute Gasteiger partial charge is 0.459 e. The second-order valence-electron chi connectivity index (χ2n) is 10.4. The summed E-state index contributed by atoms with van der Waals surface area (Å²) in [5.74, 6) is 0.751. The Hall–Kier alpha value is -3.16. The number of aromatic nitrogens is 3. The van der Waals surface area contributed by atoms with Crippen molar-refractivity contribution < 1.29 is 14.1 Å². The van der Waals surface area contributed by atoms with Gasteiger partial charge >= 0.3 is 5.97 Å². The van der Waals surface area contributed by atoms with Crippen LogP contribution < -0.4 is 0 Å². The van der Waals surface area contributed by atoms with Crippen LogP contribution in [0.15, 0.2) is 53.2 Å². The highest BCUT2D eigenvalue weighted by Crippen LogP contribution is 2.32. The first kappa shape index (κ1) is 25.9. The second kappa shape index (κ2) is 10.4. The minimum Gasteiger partial charge on any atom is -0.459 e. The maximum absolute atomic E-state index is 12.1. The molecule has 0 N–H and O–H groups in total. The smallest absolute Gasteiger partial charge is 0.320 e. The summed E-state index contributed by atoms with van der Waals surface area (Å²) in [4.78, 5) is 18.7. The lowest BCUT2D eigenvalue weighted by atomic mass is 10.1. The van der Waals surface area contributed by atoms with Gasteiger partial charge in [0.15, 0.2) is 0 Å². The molecule has 190 valence electrons. The van der Waals surface area contributed by atoms with Gasteiger partial charge in [-0.25, -0.2) is 0 Å². The van der Waals surface area contributed by atoms with Crippen molar-refractivity contribution in [1.29, 1.82) is 0 Å². The molecule has 0 aliphatic carbocycles. The molecule has 2 heterocycles. The van der Waals surface area contributed by atoms with Gasteiger partial charge in [0.05, 0.1) is 11.6 Å². The molecule has 2 aromatic heterocycles. The Kier molecular flexibility index (Phi) is 7.52. The molecule has 2 aromatic carbocycles. The maximum atomic E-state index is 12.1. The molecular formula is C28H33ClN4O3. The van der Waals surface area contributed by atoms with Gasteiger partial charge in [-0.05, 0) is 77.9 Å². The first-order valence-electron chi connectivity index (χ1n) is 12.1. The Balaban J connectivity index is 1.45. The van der Waals surface area contributed by atoms with Crippen LogP contribution >= 0.6 is 11.6 Å². The van der Waals surface area contributed by atoms with E-state index in [-0.39, 0.29) is 12.5 Å². The summed E-state index contributed by atoms with van der Waals surface area (Å²) >= 11 is 6.49. The van der Waals surface area contributed by atoms with E-state index in [4.69, 9.17) is 20.9 Å². The van der Waals surface area contributed by atoms with Crippen LogP contribution in [-0.4, -0.2) is 51.3 Å². The molecule has 4 aromatic rings. The molecule has 0 aliphatic rings. The summed E-state index contributed by atoms with van der Waals surface area (Å²) in [6, 6.07) is 14.4. The van der Waals surface area contributed by atoms with Crippen LogP contribution in [0.5, 0.6) is 0 Å². The summed E-state index contributed by atoms with van der Waals surface area (Å²) < 4.78 is 13.2. The molecule has 0 spiro atoms. The highest BCUT2D eigenvalue weighted by molar-refractivity contribution is 6.35. The van der Waals surface area contributed by atoms with Crippen molar-refractivity contribution in [3.05, 3.63) is 59.2 Å². The number of rotatable bonds is 8. The van der Waals surface area contributed by atoms with Gasteiger partial charge in [-0.15, -0.1) is 0 Å². The summed E-state index contributed by atoms with van der Waals surface area (Å²) in [5, 5.41) is 5.87. The van der Waals surface area contributed by atoms with Crippen LogP contribution in [0.2, 0.25) is 5.02 Å². The average Bonchev–Trinajstić information content (AvgIpc) is 3.42. The minimum atomic E-state index is -0.479. The van der Waals surface area contributed by atoms with E-state index in [0.717, 1.165) is 40.6 Å². The fraction of sp³-hybridized carbons (Fsp3) is 0.393. The van der Waals surface area contributed by atoms with E-state index in [1.165, 1.54) is 0 Å². The van der Waals surface area contributed by atoms with Gasteiger partial charge in [0.25, 0.3) is 5.89 Å². The molecule has 0 saturated carbocycles. The highest BCUT2D eigenvalue weighted by atomic mass is 35.5. The number of likely N-dealkylation sites (N-methyl/N-ethyl adjacent to an activating group) is 1. The third-order valence-corrected chi connectivity index (χ3v) is 6.10. The molecular weight excluding hydrogens is 476 g/mol. The van der Waals surface area contributed by atoms with Gasteiger partial charge in [-0.1, -0.05) is 35.0 Å². The third-order valence-electron chi connectivity index (χ3n) is 5.80. The third kappa shape index (κ3) is 6.15. The lowest BCUT2D eigenvalue weighted by molar-refractivity contribution is -0.155. The number of halogens is 1. The average molecular weight is 509 g/mol. The van der Waals surface area contributed by atoms with Crippen LogP contribution in [0.4, 0.5) is 0 Å². The summed E-state index contributed by atoms with van der Waals surface area (Å²) in [7, 11) is 1.91. The Morgan fingerprint density at radius 3 is 2.67 bits per heavy atom. The molecule has 0 atom stereocenters. The van der Waals surface area contributed by atoms with Gasteiger partial charge in [0.1, 0.15) is 5.60 Å². The molecule has 8 heteroatoms. The fourth-order valence-electron chi connectivity index (χ4n) is 4.09. The van der Waals surface area contributed by atoms with E-state index in [0.29, 0.717) is 22.8 Å². The monoisotopic (exact) mass is 508 g/mol. The SMILES string of the molecule is CC(C)n1cc(Cl)c2cc(-c3nc(-c4cccc(CCN(C)CC(=O)OC(C)(C)C)c4)no3)ccc21. The van der Waals surface area contributed by atoms with E-state index in [1.54, 1.807) is 0 Å². The molecule has 7 nitrogen and oxygen atoms in total. The van der Waals surface area contributed by atoms with Gasteiger partial charge in [0, 0.05) is 40.8 Å². The number of ether oxygens (including phenoxy) is 1. The summed E-state index contributed by atoms with van der Waals surface area (Å²) in [6.07, 6.45) is 2.73. The van der Waals surface area contributed by atoms with Crippen molar-refractivity contribution in [2.75, 3.05) is 20.1 Å². The molecule has 0 saturated heterocycles. The first-order chi connectivity index (χ1) is 17.0. The van der Waals surface area contributed by atoms with Crippen molar-refractivity contribution >= 4 is 28.5 Å². The van der Waals surface area contributed by atoms with Crippen LogP contribution in [0.3, 0.4) is 0 Å². The fourth-order valence-corrected chi connectivity index (χ4v) is 4.35. The lowest BCUT2D eigenvalue weighted by Gasteiger charge is -2.22. The number of benzene rings is 2. The number of carbonyl (C=O) groups excluding carboxylic acids is 1. The van der Waals surface area contributed by atoms with Crippen LogP contribution in [0.25, 0.3) is 33.7 Å². The highest BCUT2D eigenvalue weighted by Gasteiger charge is 2.18. The number of hydrogen-bond donors (Lipinski definition) is 0. The van der Waals surface area contributed by atoms with Gasteiger partial charge in [0.2, 0.25) is 5.82 Å². The van der Waals surface area contributed by atoms with Crippen molar-refractivity contribution in [2.45, 2.75) is 52.7 Å². The topological polar surface area (TPSA) is 73.4 Å². The zero-order chi connectivity index (χ0) is 26.0.